The van der Waals surface area contributed by atoms with Gasteiger partial charge in [0.05, 0.1) is 0 Å². The Balaban J connectivity index is 2.11. The van der Waals surface area contributed by atoms with E-state index in [0.29, 0.717) is 16.8 Å². The van der Waals surface area contributed by atoms with E-state index in [1.54, 1.807) is 24.3 Å². The van der Waals surface area contributed by atoms with Gasteiger partial charge in [0.2, 0.25) is 0 Å². The molecule has 0 unspecified atom stereocenters. The van der Waals surface area contributed by atoms with Crippen LogP contribution in [-0.4, -0.2) is 23.4 Å². The van der Waals surface area contributed by atoms with Crippen LogP contribution in [0.3, 0.4) is 0 Å². The van der Waals surface area contributed by atoms with E-state index in [9.17, 15) is 14.0 Å². The highest BCUT2D eigenvalue weighted by Crippen LogP contribution is 2.14. The van der Waals surface area contributed by atoms with E-state index in [0.717, 1.165) is 0 Å². The molecule has 0 aliphatic rings. The highest BCUT2D eigenvalue weighted by atomic mass is 19.1. The number of nitrogens with one attached hydrogen (secondary N) is 1. The summed E-state index contributed by atoms with van der Waals surface area (Å²) in [5.41, 5.74) is 1.47. The van der Waals surface area contributed by atoms with E-state index >= 15 is 0 Å². The van der Waals surface area contributed by atoms with Crippen molar-refractivity contribution in [2.45, 2.75) is 0 Å². The third-order valence-corrected chi connectivity index (χ3v) is 2.70. The van der Waals surface area contributed by atoms with Gasteiger partial charge in [-0.15, -0.1) is 0 Å². The fourth-order valence-electron chi connectivity index (χ4n) is 1.69. The van der Waals surface area contributed by atoms with Gasteiger partial charge in [0.15, 0.2) is 5.78 Å². The van der Waals surface area contributed by atoms with E-state index in [2.05, 4.69) is 5.32 Å². The second-order valence-corrected chi connectivity index (χ2v) is 4.16. The molecule has 0 aliphatic heterocycles. The molecule has 0 bridgehead atoms. The lowest BCUT2D eigenvalue weighted by molar-refractivity contribution is -0.134. The first kappa shape index (κ1) is 13.7. The molecule has 0 spiro atoms. The Bertz CT molecular complexity index is 621. The standard InChI is InChI=1S/C15H12FNO3/c16-12-5-1-10(2-6-12)15(20)11-3-7-13(8-4-11)17-9-14(18)19/h1-8,17H,9H2,(H,18,19). The number of halogens is 1. The molecule has 4 nitrogen and oxygen atoms in total. The van der Waals surface area contributed by atoms with Crippen LogP contribution < -0.4 is 5.32 Å². The number of ketones is 1. The molecule has 0 amide bonds. The summed E-state index contributed by atoms with van der Waals surface area (Å²) in [5.74, 6) is -1.57. The van der Waals surface area contributed by atoms with Crippen LogP contribution >= 0.6 is 0 Å². The van der Waals surface area contributed by atoms with Crippen molar-refractivity contribution in [2.24, 2.45) is 0 Å². The first-order chi connectivity index (χ1) is 9.56. The summed E-state index contributed by atoms with van der Waals surface area (Å²) < 4.78 is 12.8. The molecule has 0 heterocycles. The minimum absolute atomic E-state index is 0.189. The van der Waals surface area contributed by atoms with E-state index < -0.39 is 11.8 Å². The molecule has 0 radical (unpaired) electrons. The fourth-order valence-corrected chi connectivity index (χ4v) is 1.69. The van der Waals surface area contributed by atoms with Gasteiger partial charge < -0.3 is 10.4 Å². The number of anilines is 1. The van der Waals surface area contributed by atoms with Crippen molar-refractivity contribution in [3.63, 3.8) is 0 Å². The molecule has 2 N–H and O–H groups in total. The number of aliphatic carboxylic acids is 1. The maximum atomic E-state index is 12.8. The van der Waals surface area contributed by atoms with Crippen molar-refractivity contribution in [1.82, 2.24) is 0 Å². The summed E-state index contributed by atoms with van der Waals surface area (Å²) in [6.07, 6.45) is 0. The van der Waals surface area contributed by atoms with Crippen LogP contribution in [0.4, 0.5) is 10.1 Å². The number of carbonyl (C=O) groups excluding carboxylic acids is 1. The highest BCUT2D eigenvalue weighted by Gasteiger charge is 2.09. The molecular weight excluding hydrogens is 261 g/mol. The molecular formula is C15H12FNO3. The van der Waals surface area contributed by atoms with Crippen LogP contribution in [0.2, 0.25) is 0 Å². The fraction of sp³-hybridized carbons (Fsp3) is 0.0667. The molecule has 2 rings (SSSR count). The average molecular weight is 273 g/mol. The van der Waals surface area contributed by atoms with Crippen molar-refractivity contribution < 1.29 is 19.1 Å². The van der Waals surface area contributed by atoms with Gasteiger partial charge in [-0.1, -0.05) is 0 Å². The Morgan fingerprint density at radius 1 is 0.950 bits per heavy atom. The molecule has 20 heavy (non-hydrogen) atoms. The number of rotatable bonds is 5. The molecule has 0 aromatic heterocycles. The van der Waals surface area contributed by atoms with Crippen molar-refractivity contribution in [3.8, 4) is 0 Å². The maximum absolute atomic E-state index is 12.8. The second kappa shape index (κ2) is 5.97. The number of carbonyl (C=O) groups is 2. The Morgan fingerprint density at radius 2 is 1.45 bits per heavy atom. The van der Waals surface area contributed by atoms with Gasteiger partial charge in [-0.3, -0.25) is 9.59 Å². The van der Waals surface area contributed by atoms with Crippen LogP contribution in [0.25, 0.3) is 0 Å². The lowest BCUT2D eigenvalue weighted by atomic mass is 10.0. The number of hydrogen-bond donors (Lipinski definition) is 2. The zero-order chi connectivity index (χ0) is 14.5. The molecule has 102 valence electrons. The number of carboxylic acids is 1. The quantitative estimate of drug-likeness (QED) is 0.822. The zero-order valence-electron chi connectivity index (χ0n) is 10.5. The lowest BCUT2D eigenvalue weighted by Crippen LogP contribution is -2.12. The molecule has 2 aromatic rings. The van der Waals surface area contributed by atoms with Crippen molar-refractivity contribution in [1.29, 1.82) is 0 Å². The van der Waals surface area contributed by atoms with E-state index in [1.807, 2.05) is 0 Å². The summed E-state index contributed by atoms with van der Waals surface area (Å²) >= 11 is 0. The number of carboxylic acid groups (broad SMARTS) is 1. The largest absolute Gasteiger partial charge is 0.480 e. The van der Waals surface area contributed by atoms with Crippen LogP contribution in [-0.2, 0) is 4.79 Å². The minimum atomic E-state index is -0.962. The molecule has 0 saturated heterocycles. The van der Waals surface area contributed by atoms with Gasteiger partial charge >= 0.3 is 5.97 Å². The Kier molecular flexibility index (Phi) is 4.10. The van der Waals surface area contributed by atoms with Crippen LogP contribution in [0.1, 0.15) is 15.9 Å². The normalized spacial score (nSPS) is 10.1. The molecule has 5 heteroatoms. The third-order valence-electron chi connectivity index (χ3n) is 2.70. The van der Waals surface area contributed by atoms with Gasteiger partial charge in [-0.25, -0.2) is 4.39 Å². The van der Waals surface area contributed by atoms with Crippen LogP contribution in [0, 0.1) is 5.82 Å². The zero-order valence-corrected chi connectivity index (χ0v) is 10.5. The molecule has 0 aliphatic carbocycles. The highest BCUT2D eigenvalue weighted by molar-refractivity contribution is 6.09. The second-order valence-electron chi connectivity index (χ2n) is 4.16. The Hall–Kier alpha value is -2.69. The summed E-state index contributed by atoms with van der Waals surface area (Å²) in [4.78, 5) is 22.5. The monoisotopic (exact) mass is 273 g/mol. The summed E-state index contributed by atoms with van der Waals surface area (Å²) in [6, 6.07) is 11.7. The summed E-state index contributed by atoms with van der Waals surface area (Å²) in [7, 11) is 0. The molecule has 0 fully saturated rings. The van der Waals surface area contributed by atoms with Crippen molar-refractivity contribution in [2.75, 3.05) is 11.9 Å². The Labute approximate surface area is 114 Å². The molecule has 2 aromatic carbocycles. The molecule has 0 saturated carbocycles. The first-order valence-electron chi connectivity index (χ1n) is 5.92. The average Bonchev–Trinajstić information content (AvgIpc) is 2.46. The van der Waals surface area contributed by atoms with E-state index in [-0.39, 0.29) is 12.3 Å². The predicted molar refractivity (Wildman–Crippen MR) is 72.4 cm³/mol. The number of benzene rings is 2. The first-order valence-corrected chi connectivity index (χ1v) is 5.92. The van der Waals surface area contributed by atoms with Gasteiger partial charge in [0.1, 0.15) is 12.4 Å². The smallest absolute Gasteiger partial charge is 0.322 e. The maximum Gasteiger partial charge on any atom is 0.322 e. The number of hydrogen-bond acceptors (Lipinski definition) is 3. The summed E-state index contributed by atoms with van der Waals surface area (Å²) in [6.45, 7) is -0.189. The van der Waals surface area contributed by atoms with Crippen molar-refractivity contribution in [3.05, 3.63) is 65.5 Å². The summed E-state index contributed by atoms with van der Waals surface area (Å²) in [5, 5.41) is 11.2. The lowest BCUT2D eigenvalue weighted by Gasteiger charge is -2.05. The van der Waals surface area contributed by atoms with Gasteiger partial charge in [0.25, 0.3) is 0 Å². The topological polar surface area (TPSA) is 66.4 Å². The third kappa shape index (κ3) is 3.41. The van der Waals surface area contributed by atoms with Crippen molar-refractivity contribution >= 4 is 17.4 Å². The SMILES string of the molecule is O=C(O)CNc1ccc(C(=O)c2ccc(F)cc2)cc1. The molecule has 0 atom stereocenters. The van der Waals surface area contributed by atoms with Crippen LogP contribution in [0.15, 0.2) is 48.5 Å². The van der Waals surface area contributed by atoms with E-state index in [4.69, 9.17) is 5.11 Å². The van der Waals surface area contributed by atoms with E-state index in [1.165, 1.54) is 24.3 Å². The Morgan fingerprint density at radius 3 is 1.95 bits per heavy atom. The van der Waals surface area contributed by atoms with Crippen LogP contribution in [0.5, 0.6) is 0 Å². The van der Waals surface area contributed by atoms with Gasteiger partial charge in [0, 0.05) is 16.8 Å². The predicted octanol–water partition coefficient (Wildman–Crippen LogP) is 2.55. The van der Waals surface area contributed by atoms with Gasteiger partial charge in [-0.2, -0.15) is 0 Å². The minimum Gasteiger partial charge on any atom is -0.480 e. The van der Waals surface area contributed by atoms with Gasteiger partial charge in [-0.05, 0) is 48.5 Å².